The Bertz CT molecular complexity index is 381. The van der Waals surface area contributed by atoms with Crippen LogP contribution in [0.2, 0.25) is 0 Å². The van der Waals surface area contributed by atoms with Crippen LogP contribution in [0.5, 0.6) is 0 Å². The smallest absolute Gasteiger partial charge is 0.170 e. The largest absolute Gasteiger partial charge is 0.236 e. The van der Waals surface area contributed by atoms with Crippen LogP contribution in [-0.4, -0.2) is 5.10 Å². The first kappa shape index (κ1) is 8.32. The van der Waals surface area contributed by atoms with Gasteiger partial charge in [-0.15, -0.1) is 16.7 Å². The Labute approximate surface area is 81.6 Å². The van der Waals surface area contributed by atoms with Gasteiger partial charge in [0.15, 0.2) is 0 Å². The van der Waals surface area contributed by atoms with Crippen LogP contribution in [0.3, 0.4) is 0 Å². The molecule has 0 aliphatic heterocycles. The van der Waals surface area contributed by atoms with Crippen molar-refractivity contribution < 1.29 is 5.10 Å². The lowest BCUT2D eigenvalue weighted by molar-refractivity contribution is -0.437. The Morgan fingerprint density at radius 2 is 2.00 bits per heavy atom. The zero-order chi connectivity index (χ0) is 9.10. The summed E-state index contributed by atoms with van der Waals surface area (Å²) < 4.78 is 0. The first-order valence-electron chi connectivity index (χ1n) is 4.11. The molecule has 1 aromatic heterocycles. The molecule has 0 bridgehead atoms. The van der Waals surface area contributed by atoms with Crippen molar-refractivity contribution in [3.8, 4) is 11.3 Å². The molecular weight excluding hydrogens is 184 g/mol. The highest BCUT2D eigenvalue weighted by Crippen LogP contribution is 2.14. The van der Waals surface area contributed by atoms with Crippen molar-refractivity contribution in [3.63, 3.8) is 0 Å². The van der Waals surface area contributed by atoms with E-state index in [0.717, 1.165) is 17.0 Å². The quantitative estimate of drug-likeness (QED) is 0.710. The van der Waals surface area contributed by atoms with E-state index in [1.165, 1.54) is 0 Å². The van der Waals surface area contributed by atoms with Crippen LogP contribution in [0.4, 0.5) is 0 Å². The van der Waals surface area contributed by atoms with Gasteiger partial charge in [0.2, 0.25) is 5.69 Å². The summed E-state index contributed by atoms with van der Waals surface area (Å²) in [6.07, 6.45) is 0. The molecule has 0 saturated heterocycles. The second-order valence-electron chi connectivity index (χ2n) is 2.83. The summed E-state index contributed by atoms with van der Waals surface area (Å²) in [5, 5.41) is 6.06. The fourth-order valence-corrected chi connectivity index (χ4v) is 1.38. The molecule has 3 heteroatoms. The molecule has 0 aliphatic rings. The average molecular weight is 194 g/mol. The van der Waals surface area contributed by atoms with Crippen molar-refractivity contribution in [3.05, 3.63) is 42.1 Å². The molecule has 66 valence electrons. The Morgan fingerprint density at radius 1 is 1.23 bits per heavy atom. The highest BCUT2D eigenvalue weighted by Gasteiger charge is 2.07. The van der Waals surface area contributed by atoms with Gasteiger partial charge in [0, 0.05) is 11.6 Å². The first-order valence-corrected chi connectivity index (χ1v) is 4.64. The normalized spacial score (nSPS) is 10.2. The van der Waals surface area contributed by atoms with Gasteiger partial charge in [0.25, 0.3) is 0 Å². The summed E-state index contributed by atoms with van der Waals surface area (Å²) in [5.74, 6) is 0.503. The van der Waals surface area contributed by atoms with E-state index in [9.17, 15) is 0 Å². The van der Waals surface area contributed by atoms with Gasteiger partial charge in [-0.1, -0.05) is 18.2 Å². The molecule has 2 aromatic rings. The maximum atomic E-state index is 5.68. The Morgan fingerprint density at radius 3 is 2.62 bits per heavy atom. The number of rotatable bonds is 2. The predicted molar refractivity (Wildman–Crippen MR) is 52.3 cm³/mol. The minimum absolute atomic E-state index is 0.503. The molecule has 1 aromatic carbocycles. The van der Waals surface area contributed by atoms with Gasteiger partial charge < -0.3 is 0 Å². The number of aromatic nitrogens is 2. The van der Waals surface area contributed by atoms with Crippen molar-refractivity contribution in [2.75, 3.05) is 0 Å². The van der Waals surface area contributed by atoms with E-state index in [1.807, 2.05) is 24.3 Å². The second-order valence-corrected chi connectivity index (χ2v) is 3.10. The molecule has 1 heterocycles. The van der Waals surface area contributed by atoms with Crippen LogP contribution in [0, 0.1) is 0 Å². The maximum Gasteiger partial charge on any atom is 0.236 e. The Balaban J connectivity index is 2.36. The van der Waals surface area contributed by atoms with Gasteiger partial charge in [0.1, 0.15) is 0 Å². The molecular formula is C10H10ClN2+. The number of hydrogen-bond donors (Lipinski definition) is 1. The summed E-state index contributed by atoms with van der Waals surface area (Å²) in [5.41, 5.74) is 3.23. The highest BCUT2D eigenvalue weighted by atomic mass is 35.5. The van der Waals surface area contributed by atoms with Crippen LogP contribution in [0.25, 0.3) is 11.3 Å². The third-order valence-corrected chi connectivity index (χ3v) is 2.19. The van der Waals surface area contributed by atoms with E-state index in [-0.39, 0.29) is 0 Å². The molecule has 0 atom stereocenters. The van der Waals surface area contributed by atoms with Crippen molar-refractivity contribution in [1.29, 1.82) is 0 Å². The van der Waals surface area contributed by atoms with Crippen LogP contribution >= 0.6 is 11.6 Å². The van der Waals surface area contributed by atoms with E-state index in [0.29, 0.717) is 5.88 Å². The Kier molecular flexibility index (Phi) is 2.32. The van der Waals surface area contributed by atoms with E-state index < -0.39 is 0 Å². The topological polar surface area (TPSA) is 29.9 Å². The fraction of sp³-hybridized carbons (Fsp3) is 0.100. The van der Waals surface area contributed by atoms with E-state index in [1.54, 1.807) is 0 Å². The number of benzene rings is 1. The molecule has 2 N–H and O–H groups in total. The Hall–Kier alpha value is -1.28. The maximum absolute atomic E-state index is 5.68. The van der Waals surface area contributed by atoms with E-state index >= 15 is 0 Å². The predicted octanol–water partition coefficient (Wildman–Crippen LogP) is 2.23. The number of alkyl halides is 1. The van der Waals surface area contributed by atoms with Gasteiger partial charge in [-0.3, -0.25) is 0 Å². The average Bonchev–Trinajstić information content (AvgIpc) is 2.67. The number of aromatic amines is 2. The van der Waals surface area contributed by atoms with Crippen molar-refractivity contribution in [2.24, 2.45) is 0 Å². The van der Waals surface area contributed by atoms with Crippen molar-refractivity contribution in [1.82, 2.24) is 5.10 Å². The van der Waals surface area contributed by atoms with Crippen LogP contribution in [0.1, 0.15) is 5.69 Å². The van der Waals surface area contributed by atoms with Gasteiger partial charge in [-0.2, -0.15) is 5.10 Å². The lowest BCUT2D eigenvalue weighted by atomic mass is 10.1. The number of hydrogen-bond acceptors (Lipinski definition) is 0. The summed E-state index contributed by atoms with van der Waals surface area (Å²) in [7, 11) is 0. The van der Waals surface area contributed by atoms with Gasteiger partial charge in [0.05, 0.1) is 11.6 Å². The number of H-pyrrole nitrogens is 2. The van der Waals surface area contributed by atoms with Crippen LogP contribution in [-0.2, 0) is 5.88 Å². The van der Waals surface area contributed by atoms with Gasteiger partial charge in [-0.25, -0.2) is 0 Å². The highest BCUT2D eigenvalue weighted by molar-refractivity contribution is 6.16. The summed E-state index contributed by atoms with van der Waals surface area (Å²) in [6, 6.07) is 12.1. The summed E-state index contributed by atoms with van der Waals surface area (Å²) >= 11 is 5.68. The van der Waals surface area contributed by atoms with Crippen molar-refractivity contribution in [2.45, 2.75) is 5.88 Å². The lowest BCUT2D eigenvalue weighted by Gasteiger charge is -1.87. The zero-order valence-corrected chi connectivity index (χ0v) is 7.81. The van der Waals surface area contributed by atoms with Crippen LogP contribution < -0.4 is 5.10 Å². The monoisotopic (exact) mass is 193 g/mol. The minimum atomic E-state index is 0.503. The standard InChI is InChI=1S/C10H9ClN2/c11-7-9-6-10(13-12-9)8-4-2-1-3-5-8/h1-6H,7H2,(H,12,13)/p+1. The summed E-state index contributed by atoms with van der Waals surface area (Å²) in [4.78, 5) is 0. The molecule has 0 radical (unpaired) electrons. The van der Waals surface area contributed by atoms with Gasteiger partial charge >= 0.3 is 0 Å². The molecule has 0 saturated carbocycles. The molecule has 2 rings (SSSR count). The minimum Gasteiger partial charge on any atom is -0.170 e. The number of nitrogens with one attached hydrogen (secondary N) is 2. The lowest BCUT2D eigenvalue weighted by Crippen LogP contribution is -2.04. The first-order chi connectivity index (χ1) is 6.40. The molecule has 0 aliphatic carbocycles. The van der Waals surface area contributed by atoms with Gasteiger partial charge in [-0.05, 0) is 12.1 Å². The summed E-state index contributed by atoms with van der Waals surface area (Å²) in [6.45, 7) is 0. The third-order valence-electron chi connectivity index (χ3n) is 1.91. The van der Waals surface area contributed by atoms with E-state index in [2.05, 4.69) is 22.3 Å². The molecule has 0 fully saturated rings. The van der Waals surface area contributed by atoms with Crippen LogP contribution in [0.15, 0.2) is 36.4 Å². The molecule has 0 spiro atoms. The molecule has 0 amide bonds. The second kappa shape index (κ2) is 3.62. The SMILES string of the molecule is ClCc1cc(-c2ccccc2)[nH+][nH]1. The zero-order valence-electron chi connectivity index (χ0n) is 7.05. The van der Waals surface area contributed by atoms with Crippen molar-refractivity contribution >= 4 is 11.6 Å². The molecule has 0 unspecified atom stereocenters. The van der Waals surface area contributed by atoms with E-state index in [4.69, 9.17) is 11.6 Å². The third kappa shape index (κ3) is 1.73. The fourth-order valence-electron chi connectivity index (χ4n) is 1.24. The molecule has 13 heavy (non-hydrogen) atoms. The molecule has 2 nitrogen and oxygen atoms in total. The number of halogens is 1.